The molecule has 164 valence electrons. The van der Waals surface area contributed by atoms with E-state index >= 15 is 0 Å². The first-order chi connectivity index (χ1) is 15.0. The van der Waals surface area contributed by atoms with Gasteiger partial charge in [0.15, 0.2) is 0 Å². The van der Waals surface area contributed by atoms with E-state index in [2.05, 4.69) is 17.3 Å². The van der Waals surface area contributed by atoms with E-state index in [1.807, 2.05) is 48.5 Å². The Morgan fingerprint density at radius 1 is 1.10 bits per heavy atom. The van der Waals surface area contributed by atoms with E-state index in [-0.39, 0.29) is 12.5 Å². The maximum atomic E-state index is 12.8. The van der Waals surface area contributed by atoms with Crippen LogP contribution in [0.2, 0.25) is 0 Å². The van der Waals surface area contributed by atoms with Gasteiger partial charge in [-0.2, -0.15) is 0 Å². The van der Waals surface area contributed by atoms with Crippen LogP contribution in [0.15, 0.2) is 48.5 Å². The Morgan fingerprint density at radius 3 is 2.48 bits per heavy atom. The van der Waals surface area contributed by atoms with Crippen LogP contribution in [-0.2, 0) is 16.0 Å². The second kappa shape index (κ2) is 9.52. The summed E-state index contributed by atoms with van der Waals surface area (Å²) in [6, 6.07) is 16.8. The maximum absolute atomic E-state index is 12.8. The standard InChI is InChI=1S/C25H30N2O4/c1-27-19-11-12-20(27)16-21(15-19)31-25(30)26-23-14-17(6-5-9-24(28)29)10-13-22(23)18-7-3-2-4-8-18/h2-4,7-8,10,13-14,19-21H,5-6,9,11-12,15-16H2,1H3,(H,26,30)(H,28,29). The molecule has 2 aliphatic heterocycles. The zero-order valence-corrected chi connectivity index (χ0v) is 17.9. The number of amides is 1. The molecule has 2 unspecified atom stereocenters. The first-order valence-corrected chi connectivity index (χ1v) is 11.1. The molecule has 4 rings (SSSR count). The highest BCUT2D eigenvalue weighted by molar-refractivity contribution is 5.91. The Kier molecular flexibility index (Phi) is 6.56. The molecule has 0 aromatic heterocycles. The van der Waals surface area contributed by atoms with Crippen molar-refractivity contribution < 1.29 is 19.4 Å². The van der Waals surface area contributed by atoms with E-state index < -0.39 is 12.1 Å². The average molecular weight is 423 g/mol. The lowest BCUT2D eigenvalue weighted by molar-refractivity contribution is -0.137. The third kappa shape index (κ3) is 5.25. The molecule has 0 spiro atoms. The highest BCUT2D eigenvalue weighted by Gasteiger charge is 2.39. The van der Waals surface area contributed by atoms with Gasteiger partial charge < -0.3 is 14.7 Å². The monoisotopic (exact) mass is 422 g/mol. The molecule has 2 aromatic rings. The SMILES string of the molecule is CN1C2CCC1CC(OC(=O)Nc1cc(CCCC(=O)O)ccc1-c1ccccc1)C2. The highest BCUT2D eigenvalue weighted by atomic mass is 16.6. The molecule has 1 amide bonds. The van der Waals surface area contributed by atoms with Crippen LogP contribution in [0.5, 0.6) is 0 Å². The Bertz CT molecular complexity index is 916. The number of anilines is 1. The van der Waals surface area contributed by atoms with E-state index in [0.717, 1.165) is 29.5 Å². The highest BCUT2D eigenvalue weighted by Crippen LogP contribution is 2.36. The number of fused-ring (bicyclic) bond motifs is 2. The number of piperidine rings is 1. The Morgan fingerprint density at radius 2 is 1.81 bits per heavy atom. The summed E-state index contributed by atoms with van der Waals surface area (Å²) in [5.41, 5.74) is 3.61. The summed E-state index contributed by atoms with van der Waals surface area (Å²) < 4.78 is 5.81. The number of carboxylic acids is 1. The van der Waals surface area contributed by atoms with Crippen molar-refractivity contribution in [1.82, 2.24) is 4.90 Å². The van der Waals surface area contributed by atoms with Crippen LogP contribution in [0.3, 0.4) is 0 Å². The van der Waals surface area contributed by atoms with Crippen molar-refractivity contribution in [3.05, 3.63) is 54.1 Å². The topological polar surface area (TPSA) is 78.9 Å². The molecule has 2 fully saturated rings. The van der Waals surface area contributed by atoms with Crippen LogP contribution >= 0.6 is 0 Å². The summed E-state index contributed by atoms with van der Waals surface area (Å²) in [6.45, 7) is 0. The van der Waals surface area contributed by atoms with Gasteiger partial charge in [-0.25, -0.2) is 4.79 Å². The molecule has 2 atom stereocenters. The lowest BCUT2D eigenvalue weighted by atomic mass is 9.99. The molecule has 2 bridgehead atoms. The maximum Gasteiger partial charge on any atom is 0.411 e. The Hall–Kier alpha value is -2.86. The molecule has 0 radical (unpaired) electrons. The van der Waals surface area contributed by atoms with E-state index in [9.17, 15) is 9.59 Å². The van der Waals surface area contributed by atoms with Gasteiger partial charge in [-0.05, 0) is 49.9 Å². The number of aliphatic carboxylic acids is 1. The molecule has 31 heavy (non-hydrogen) atoms. The van der Waals surface area contributed by atoms with Crippen LogP contribution in [0.25, 0.3) is 11.1 Å². The number of nitrogens with zero attached hydrogens (tertiary/aromatic N) is 1. The predicted molar refractivity (Wildman–Crippen MR) is 120 cm³/mol. The van der Waals surface area contributed by atoms with Crippen molar-refractivity contribution in [3.8, 4) is 11.1 Å². The van der Waals surface area contributed by atoms with Gasteiger partial charge in [0.1, 0.15) is 6.10 Å². The summed E-state index contributed by atoms with van der Waals surface area (Å²) in [7, 11) is 2.17. The smallest absolute Gasteiger partial charge is 0.411 e. The largest absolute Gasteiger partial charge is 0.481 e. The zero-order valence-electron chi connectivity index (χ0n) is 17.9. The van der Waals surface area contributed by atoms with Crippen LogP contribution in [0.4, 0.5) is 10.5 Å². The number of carbonyl (C=O) groups excluding carboxylic acids is 1. The Labute approximate surface area is 183 Å². The summed E-state index contributed by atoms with van der Waals surface area (Å²) >= 11 is 0. The number of benzene rings is 2. The fourth-order valence-corrected chi connectivity index (χ4v) is 4.91. The number of nitrogens with one attached hydrogen (secondary N) is 1. The number of aryl methyl sites for hydroxylation is 1. The number of rotatable bonds is 7. The minimum atomic E-state index is -0.796. The number of ether oxygens (including phenoxy) is 1. The number of carbonyl (C=O) groups is 2. The molecule has 0 saturated carbocycles. The van der Waals surface area contributed by atoms with Gasteiger partial charge >= 0.3 is 12.1 Å². The van der Waals surface area contributed by atoms with Crippen molar-refractivity contribution in [2.45, 2.75) is 63.1 Å². The summed E-state index contributed by atoms with van der Waals surface area (Å²) in [4.78, 5) is 26.0. The minimum absolute atomic E-state index is 0.0485. The van der Waals surface area contributed by atoms with Crippen molar-refractivity contribution >= 4 is 17.7 Å². The normalized spacial score (nSPS) is 22.8. The molecule has 6 heteroatoms. The van der Waals surface area contributed by atoms with Crippen LogP contribution in [-0.4, -0.2) is 47.3 Å². The van der Waals surface area contributed by atoms with E-state index in [4.69, 9.17) is 9.84 Å². The molecule has 2 N–H and O–H groups in total. The van der Waals surface area contributed by atoms with Crippen LogP contribution in [0, 0.1) is 0 Å². The van der Waals surface area contributed by atoms with Gasteiger partial charge in [0.25, 0.3) is 0 Å². The molecular weight excluding hydrogens is 392 g/mol. The van der Waals surface area contributed by atoms with Crippen LogP contribution in [0.1, 0.15) is 44.1 Å². The molecular formula is C25H30N2O4. The van der Waals surface area contributed by atoms with Crippen molar-refractivity contribution in [1.29, 1.82) is 0 Å². The lowest BCUT2D eigenvalue weighted by Gasteiger charge is -2.35. The second-order valence-electron chi connectivity index (χ2n) is 8.67. The number of hydrogen-bond acceptors (Lipinski definition) is 4. The summed E-state index contributed by atoms with van der Waals surface area (Å²) in [6.07, 6.45) is 5.00. The first-order valence-electron chi connectivity index (χ1n) is 11.1. The molecule has 2 aromatic carbocycles. The van der Waals surface area contributed by atoms with Crippen molar-refractivity contribution in [2.24, 2.45) is 0 Å². The average Bonchev–Trinajstić information content (AvgIpc) is 2.95. The zero-order chi connectivity index (χ0) is 21.8. The first kappa shape index (κ1) is 21.4. The Balaban J connectivity index is 1.47. The number of carboxylic acid groups (broad SMARTS) is 1. The van der Waals surface area contributed by atoms with E-state index in [0.29, 0.717) is 30.6 Å². The van der Waals surface area contributed by atoms with Gasteiger partial charge in [-0.3, -0.25) is 10.1 Å². The van der Waals surface area contributed by atoms with Gasteiger partial charge in [0, 0.05) is 36.9 Å². The third-order valence-corrected chi connectivity index (χ3v) is 6.59. The van der Waals surface area contributed by atoms with Crippen LogP contribution < -0.4 is 5.32 Å². The minimum Gasteiger partial charge on any atom is -0.481 e. The van der Waals surface area contributed by atoms with Gasteiger partial charge in [-0.1, -0.05) is 42.5 Å². The third-order valence-electron chi connectivity index (χ3n) is 6.59. The molecule has 0 aliphatic carbocycles. The van der Waals surface area contributed by atoms with Gasteiger partial charge in [-0.15, -0.1) is 0 Å². The van der Waals surface area contributed by atoms with Gasteiger partial charge in [0.05, 0.1) is 5.69 Å². The fraction of sp³-hybridized carbons (Fsp3) is 0.440. The van der Waals surface area contributed by atoms with E-state index in [1.54, 1.807) is 0 Å². The second-order valence-corrected chi connectivity index (χ2v) is 8.67. The molecule has 2 heterocycles. The lowest BCUT2D eigenvalue weighted by Crippen LogP contribution is -2.43. The number of hydrogen-bond donors (Lipinski definition) is 2. The van der Waals surface area contributed by atoms with E-state index in [1.165, 1.54) is 12.8 Å². The molecule has 6 nitrogen and oxygen atoms in total. The molecule has 2 aliphatic rings. The fourth-order valence-electron chi connectivity index (χ4n) is 4.91. The van der Waals surface area contributed by atoms with Crippen molar-refractivity contribution in [3.63, 3.8) is 0 Å². The molecule has 2 saturated heterocycles. The van der Waals surface area contributed by atoms with Gasteiger partial charge in [0.2, 0.25) is 0 Å². The summed E-state index contributed by atoms with van der Waals surface area (Å²) in [5, 5.41) is 11.9. The van der Waals surface area contributed by atoms with Crippen molar-refractivity contribution in [2.75, 3.05) is 12.4 Å². The summed E-state index contributed by atoms with van der Waals surface area (Å²) in [5.74, 6) is -0.796. The predicted octanol–water partition coefficient (Wildman–Crippen LogP) is 4.93. The quantitative estimate of drug-likeness (QED) is 0.661.